The number of thiazole rings is 1. The van der Waals surface area contributed by atoms with E-state index in [1.165, 1.54) is 6.07 Å². The maximum absolute atomic E-state index is 14.0. The van der Waals surface area contributed by atoms with E-state index in [-0.39, 0.29) is 22.6 Å². The lowest BCUT2D eigenvalue weighted by Gasteiger charge is -2.32. The monoisotopic (exact) mass is 600 g/mol. The molecule has 1 aliphatic rings. The number of nitrogens with one attached hydrogen (secondary N) is 1. The van der Waals surface area contributed by atoms with E-state index in [0.29, 0.717) is 42.4 Å². The van der Waals surface area contributed by atoms with E-state index in [2.05, 4.69) is 10.3 Å². The molecule has 4 N–H and O–H groups in total. The molecule has 1 aromatic heterocycles. The number of aryl methyl sites for hydroxylation is 1. The molecule has 9 nitrogen and oxygen atoms in total. The first kappa shape index (κ1) is 31.3. The molecule has 0 unspecified atom stereocenters. The van der Waals surface area contributed by atoms with Crippen molar-refractivity contribution in [1.29, 1.82) is 0 Å². The molecule has 0 spiro atoms. The second-order valence-corrected chi connectivity index (χ2v) is 9.86. The highest BCUT2D eigenvalue weighted by Crippen LogP contribution is 2.31. The molecule has 0 atom stereocenters. The highest BCUT2D eigenvalue weighted by molar-refractivity contribution is 7.18. The summed E-state index contributed by atoms with van der Waals surface area (Å²) >= 11 is 0.958. The number of halogens is 5. The summed E-state index contributed by atoms with van der Waals surface area (Å²) in [6.07, 6.45) is -3.75. The lowest BCUT2D eigenvalue weighted by atomic mass is 10.0. The van der Waals surface area contributed by atoms with Crippen LogP contribution in [0, 0.1) is 18.6 Å². The fraction of sp³-hybridized carbons (Fsp3) is 0.308. The van der Waals surface area contributed by atoms with Crippen LogP contribution in [0.2, 0.25) is 0 Å². The number of hydrogen-bond donors (Lipinski definition) is 3. The van der Waals surface area contributed by atoms with Crippen LogP contribution < -0.4 is 15.8 Å². The lowest BCUT2D eigenvalue weighted by molar-refractivity contribution is -0.192. The summed E-state index contributed by atoms with van der Waals surface area (Å²) in [4.78, 5) is 40.4. The van der Waals surface area contributed by atoms with Crippen molar-refractivity contribution in [1.82, 2.24) is 9.88 Å². The third kappa shape index (κ3) is 7.68. The SMILES string of the molecule is COc1cc(C(=O)N2CCC(Nc3nc(N)c(C(=O)c4c(F)cccc4F)s3)CC2)ccc1C.O=C(O)C(F)(F)F. The van der Waals surface area contributed by atoms with Crippen LogP contribution in [0.1, 0.15) is 44.0 Å². The quantitative estimate of drug-likeness (QED) is 0.269. The Bertz CT molecular complexity index is 1420. The van der Waals surface area contributed by atoms with Gasteiger partial charge in [0.1, 0.15) is 28.1 Å². The number of methoxy groups -OCH3 is 1. The number of aliphatic carboxylic acids is 1. The number of nitrogen functional groups attached to an aromatic ring is 1. The second-order valence-electron chi connectivity index (χ2n) is 8.86. The fourth-order valence-electron chi connectivity index (χ4n) is 3.92. The van der Waals surface area contributed by atoms with Crippen LogP contribution >= 0.6 is 11.3 Å². The number of nitrogens with two attached hydrogens (primary N) is 1. The number of benzene rings is 2. The average molecular weight is 601 g/mol. The zero-order valence-electron chi connectivity index (χ0n) is 21.7. The molecule has 1 fully saturated rings. The van der Waals surface area contributed by atoms with Crippen molar-refractivity contribution >= 4 is 39.9 Å². The zero-order chi connectivity index (χ0) is 30.5. The van der Waals surface area contributed by atoms with Gasteiger partial charge in [0.15, 0.2) is 5.13 Å². The summed E-state index contributed by atoms with van der Waals surface area (Å²) in [7, 11) is 1.57. The Kier molecular flexibility index (Phi) is 9.86. The number of carbonyl (C=O) groups excluding carboxylic acids is 2. The molecule has 41 heavy (non-hydrogen) atoms. The van der Waals surface area contributed by atoms with Crippen molar-refractivity contribution < 1.29 is 46.2 Å². The molecule has 0 aliphatic carbocycles. The summed E-state index contributed by atoms with van der Waals surface area (Å²) in [5.74, 6) is -4.97. The van der Waals surface area contributed by atoms with Gasteiger partial charge in [-0.2, -0.15) is 13.2 Å². The van der Waals surface area contributed by atoms with E-state index in [0.717, 1.165) is 29.0 Å². The minimum atomic E-state index is -5.08. The molecule has 15 heteroatoms. The Labute approximate surface area is 234 Å². The highest BCUT2D eigenvalue weighted by atomic mass is 32.1. The molecule has 2 heterocycles. The van der Waals surface area contributed by atoms with Crippen molar-refractivity contribution in [3.05, 3.63) is 69.6 Å². The molecule has 1 amide bonds. The number of likely N-dealkylation sites (tertiary alicyclic amines) is 1. The standard InChI is InChI=1S/C24H24F2N4O3S.C2HF3O2/c1-13-6-7-14(12-18(13)33-2)23(32)30-10-8-15(9-11-30)28-24-29-22(27)21(34-24)20(31)19-16(25)4-3-5-17(19)26;3-2(4,5)1(6)7/h3-7,12,15H,8-11,27H2,1-2H3,(H,28,29);(H,6,7). The van der Waals surface area contributed by atoms with E-state index in [1.807, 2.05) is 13.0 Å². The van der Waals surface area contributed by atoms with Crippen molar-refractivity contribution in [3.63, 3.8) is 0 Å². The Balaban J connectivity index is 0.000000587. The van der Waals surface area contributed by atoms with Crippen LogP contribution in [-0.2, 0) is 4.79 Å². The number of alkyl halides is 3. The maximum atomic E-state index is 14.0. The zero-order valence-corrected chi connectivity index (χ0v) is 22.5. The summed E-state index contributed by atoms with van der Waals surface area (Å²) in [5, 5.41) is 10.8. The summed E-state index contributed by atoms with van der Waals surface area (Å²) in [5.41, 5.74) is 6.76. The van der Waals surface area contributed by atoms with E-state index < -0.39 is 35.1 Å². The number of nitrogens with zero attached hydrogens (tertiary/aromatic N) is 2. The van der Waals surface area contributed by atoms with Gasteiger partial charge in [-0.15, -0.1) is 0 Å². The third-order valence-electron chi connectivity index (χ3n) is 6.06. The van der Waals surface area contributed by atoms with E-state index in [4.69, 9.17) is 20.4 Å². The molecule has 0 radical (unpaired) electrons. The number of piperidine rings is 1. The van der Waals surface area contributed by atoms with Crippen molar-refractivity contribution in [3.8, 4) is 5.75 Å². The Morgan fingerprint density at radius 3 is 2.24 bits per heavy atom. The number of rotatable bonds is 6. The Morgan fingerprint density at radius 1 is 1.12 bits per heavy atom. The van der Waals surface area contributed by atoms with Crippen molar-refractivity contribution in [2.24, 2.45) is 0 Å². The van der Waals surface area contributed by atoms with Gasteiger partial charge < -0.3 is 25.8 Å². The molecule has 1 saturated heterocycles. The number of ether oxygens (including phenoxy) is 1. The smallest absolute Gasteiger partial charge is 0.490 e. The predicted octanol–water partition coefficient (Wildman–Crippen LogP) is 4.90. The number of anilines is 2. The Morgan fingerprint density at radius 2 is 1.71 bits per heavy atom. The maximum Gasteiger partial charge on any atom is 0.490 e. The molecule has 1 aliphatic heterocycles. The van der Waals surface area contributed by atoms with E-state index in [9.17, 15) is 31.5 Å². The van der Waals surface area contributed by atoms with Gasteiger partial charge in [0, 0.05) is 24.7 Å². The van der Waals surface area contributed by atoms with Gasteiger partial charge in [-0.3, -0.25) is 9.59 Å². The highest BCUT2D eigenvalue weighted by Gasteiger charge is 2.38. The Hall–Kier alpha value is -4.27. The van der Waals surface area contributed by atoms with Crippen LogP contribution in [-0.4, -0.2) is 65.1 Å². The molecule has 0 bridgehead atoms. The number of aromatic nitrogens is 1. The number of carboxylic acids is 1. The summed E-state index contributed by atoms with van der Waals surface area (Å²) < 4.78 is 65.1. The van der Waals surface area contributed by atoms with Crippen LogP contribution in [0.15, 0.2) is 36.4 Å². The number of carboxylic acid groups (broad SMARTS) is 1. The number of ketones is 1. The molecule has 0 saturated carbocycles. The molecular formula is C26H25F5N4O5S. The van der Waals surface area contributed by atoms with Gasteiger partial charge in [0.2, 0.25) is 5.78 Å². The minimum absolute atomic E-state index is 0.00954. The first-order valence-corrected chi connectivity index (χ1v) is 12.8. The average Bonchev–Trinajstić information content (AvgIpc) is 3.28. The molecule has 3 aromatic rings. The molecule has 2 aromatic carbocycles. The second kappa shape index (κ2) is 12.9. The first-order valence-electron chi connectivity index (χ1n) is 12.0. The normalized spacial score (nSPS) is 13.7. The topological polar surface area (TPSA) is 135 Å². The van der Waals surface area contributed by atoms with Gasteiger partial charge in [-0.05, 0) is 49.6 Å². The molecular weight excluding hydrogens is 575 g/mol. The number of hydrogen-bond acceptors (Lipinski definition) is 8. The largest absolute Gasteiger partial charge is 0.496 e. The van der Waals surface area contributed by atoms with Crippen molar-refractivity contribution in [2.45, 2.75) is 32.0 Å². The van der Waals surface area contributed by atoms with Gasteiger partial charge in [0.05, 0.1) is 12.7 Å². The number of carbonyl (C=O) groups is 3. The van der Waals surface area contributed by atoms with Gasteiger partial charge in [-0.1, -0.05) is 23.5 Å². The predicted molar refractivity (Wildman–Crippen MR) is 140 cm³/mol. The molecule has 4 rings (SSSR count). The minimum Gasteiger partial charge on any atom is -0.496 e. The van der Waals surface area contributed by atoms with Gasteiger partial charge in [0.25, 0.3) is 5.91 Å². The van der Waals surface area contributed by atoms with Crippen LogP contribution in [0.25, 0.3) is 0 Å². The fourth-order valence-corrected chi connectivity index (χ4v) is 4.83. The summed E-state index contributed by atoms with van der Waals surface area (Å²) in [6, 6.07) is 8.64. The van der Waals surface area contributed by atoms with E-state index in [1.54, 1.807) is 24.1 Å². The van der Waals surface area contributed by atoms with E-state index >= 15 is 0 Å². The van der Waals surface area contributed by atoms with Crippen LogP contribution in [0.4, 0.5) is 32.9 Å². The summed E-state index contributed by atoms with van der Waals surface area (Å²) in [6.45, 7) is 3.00. The van der Waals surface area contributed by atoms with Gasteiger partial charge in [-0.25, -0.2) is 18.6 Å². The first-order chi connectivity index (χ1) is 19.2. The number of amides is 1. The third-order valence-corrected chi connectivity index (χ3v) is 7.06. The molecule has 220 valence electrons. The lowest BCUT2D eigenvalue weighted by Crippen LogP contribution is -2.42. The van der Waals surface area contributed by atoms with Crippen molar-refractivity contribution in [2.75, 3.05) is 31.2 Å². The van der Waals surface area contributed by atoms with Gasteiger partial charge >= 0.3 is 12.1 Å². The van der Waals surface area contributed by atoms with Crippen LogP contribution in [0.3, 0.4) is 0 Å². The van der Waals surface area contributed by atoms with Crippen LogP contribution in [0.5, 0.6) is 5.75 Å².